The molecule has 0 bridgehead atoms. The molecule has 1 aliphatic rings. The van der Waals surface area contributed by atoms with Crippen LogP contribution in [0.4, 0.5) is 10.5 Å². The molecule has 1 heterocycles. The number of nitrogen functional groups attached to an aromatic ring is 1. The van der Waals surface area contributed by atoms with Crippen molar-refractivity contribution in [1.82, 2.24) is 10.3 Å². The summed E-state index contributed by atoms with van der Waals surface area (Å²) in [6.45, 7) is 2.08. The quantitative estimate of drug-likeness (QED) is 0.784. The molecule has 1 fully saturated rings. The van der Waals surface area contributed by atoms with Crippen LogP contribution in [0.25, 0.3) is 0 Å². The number of ether oxygens (including phenoxy) is 1. The fraction of sp³-hybridized carbons (Fsp3) is 0.571. The van der Waals surface area contributed by atoms with Crippen LogP contribution in [-0.4, -0.2) is 35.4 Å². The molecule has 110 valence electrons. The number of aromatic nitrogens is 1. The number of anilines is 1. The smallest absolute Gasteiger partial charge is 0.404 e. The van der Waals surface area contributed by atoms with E-state index in [0.717, 1.165) is 12.0 Å². The van der Waals surface area contributed by atoms with E-state index in [9.17, 15) is 4.79 Å². The minimum Gasteiger partial charge on any atom is -0.465 e. The number of methoxy groups -OCH3 is 1. The lowest BCUT2D eigenvalue weighted by molar-refractivity contribution is -0.000236. The lowest BCUT2D eigenvalue weighted by Crippen LogP contribution is -2.50. The van der Waals surface area contributed by atoms with Gasteiger partial charge in [-0.15, -0.1) is 0 Å². The van der Waals surface area contributed by atoms with Crippen LogP contribution in [0.3, 0.4) is 0 Å². The molecule has 0 aromatic carbocycles. The van der Waals surface area contributed by atoms with Gasteiger partial charge in [-0.3, -0.25) is 4.98 Å². The molecule has 6 nitrogen and oxygen atoms in total. The average Bonchev–Trinajstić information content (AvgIpc) is 2.38. The highest BCUT2D eigenvalue weighted by molar-refractivity contribution is 5.65. The molecule has 0 radical (unpaired) electrons. The van der Waals surface area contributed by atoms with E-state index in [1.807, 2.05) is 6.07 Å². The maximum absolute atomic E-state index is 10.9. The minimum atomic E-state index is -1.02. The van der Waals surface area contributed by atoms with Crippen molar-refractivity contribution in [2.75, 3.05) is 12.8 Å². The molecule has 4 N–H and O–H groups in total. The largest absolute Gasteiger partial charge is 0.465 e. The first-order chi connectivity index (χ1) is 9.52. The first kappa shape index (κ1) is 14.6. The van der Waals surface area contributed by atoms with Gasteiger partial charge in [0.25, 0.3) is 0 Å². The third-order valence-corrected chi connectivity index (χ3v) is 4.06. The number of pyridine rings is 1. The van der Waals surface area contributed by atoms with Gasteiger partial charge in [-0.25, -0.2) is 4.79 Å². The Balaban J connectivity index is 2.21. The number of hydrogen-bond acceptors (Lipinski definition) is 4. The number of amides is 1. The first-order valence-corrected chi connectivity index (χ1v) is 6.74. The SMILES string of the molecule is CO[C@H]1C(C)C[C@H](c2ccncc2N)C[C@H]1NC(=O)O. The molecule has 0 saturated heterocycles. The van der Waals surface area contributed by atoms with E-state index >= 15 is 0 Å². The van der Waals surface area contributed by atoms with E-state index in [-0.39, 0.29) is 24.0 Å². The predicted molar refractivity (Wildman–Crippen MR) is 75.5 cm³/mol. The summed E-state index contributed by atoms with van der Waals surface area (Å²) >= 11 is 0. The predicted octanol–water partition coefficient (Wildman–Crippen LogP) is 1.83. The average molecular weight is 279 g/mol. The Bertz CT molecular complexity index is 480. The molecule has 20 heavy (non-hydrogen) atoms. The zero-order valence-electron chi connectivity index (χ0n) is 11.7. The molecule has 4 atom stereocenters. The standard InChI is InChI=1S/C14H21N3O3/c1-8-5-9(10-3-4-16-7-11(10)15)6-12(13(8)20-2)17-14(18)19/h3-4,7-9,12-13,17H,5-6,15H2,1-2H3,(H,18,19)/t8?,9-,12+,13-/m0/s1. The second-order valence-corrected chi connectivity index (χ2v) is 5.41. The van der Waals surface area contributed by atoms with Crippen molar-refractivity contribution in [2.24, 2.45) is 5.92 Å². The van der Waals surface area contributed by atoms with Crippen LogP contribution in [0.15, 0.2) is 18.5 Å². The Labute approximate surface area is 118 Å². The highest BCUT2D eigenvalue weighted by Crippen LogP contribution is 2.39. The maximum atomic E-state index is 10.9. The van der Waals surface area contributed by atoms with Crippen LogP contribution in [0.1, 0.15) is 31.2 Å². The highest BCUT2D eigenvalue weighted by Gasteiger charge is 2.37. The van der Waals surface area contributed by atoms with Crippen LogP contribution in [-0.2, 0) is 4.74 Å². The molecule has 1 saturated carbocycles. The Morgan fingerprint density at radius 1 is 1.55 bits per heavy atom. The molecule has 1 unspecified atom stereocenters. The Kier molecular flexibility index (Phi) is 4.44. The fourth-order valence-electron chi connectivity index (χ4n) is 3.26. The van der Waals surface area contributed by atoms with Crippen molar-refractivity contribution in [2.45, 2.75) is 37.8 Å². The molecule has 2 rings (SSSR count). The summed E-state index contributed by atoms with van der Waals surface area (Å²) in [5.74, 6) is 0.472. The van der Waals surface area contributed by atoms with E-state index in [1.54, 1.807) is 19.5 Å². The number of nitrogens with one attached hydrogen (secondary N) is 1. The third kappa shape index (κ3) is 3.01. The molecule has 0 aliphatic heterocycles. The van der Waals surface area contributed by atoms with Gasteiger partial charge in [0.2, 0.25) is 0 Å². The van der Waals surface area contributed by atoms with Crippen LogP contribution < -0.4 is 11.1 Å². The minimum absolute atomic E-state index is 0.106. The number of nitrogens with zero attached hydrogens (tertiary/aromatic N) is 1. The van der Waals surface area contributed by atoms with E-state index < -0.39 is 6.09 Å². The topological polar surface area (TPSA) is 97.5 Å². The second kappa shape index (κ2) is 6.09. The number of carbonyl (C=O) groups is 1. The Morgan fingerprint density at radius 2 is 2.30 bits per heavy atom. The Hall–Kier alpha value is -1.82. The monoisotopic (exact) mass is 279 g/mol. The molecular formula is C14H21N3O3. The van der Waals surface area contributed by atoms with Gasteiger partial charge in [0.15, 0.2) is 0 Å². The number of rotatable bonds is 3. The summed E-state index contributed by atoms with van der Waals surface area (Å²) in [5, 5.41) is 11.5. The lowest BCUT2D eigenvalue weighted by atomic mass is 9.74. The van der Waals surface area contributed by atoms with Gasteiger partial charge in [0, 0.05) is 13.3 Å². The zero-order valence-corrected chi connectivity index (χ0v) is 11.7. The van der Waals surface area contributed by atoms with E-state index in [1.165, 1.54) is 0 Å². The zero-order chi connectivity index (χ0) is 14.7. The van der Waals surface area contributed by atoms with Gasteiger partial charge < -0.3 is 20.9 Å². The van der Waals surface area contributed by atoms with Gasteiger partial charge in [-0.05, 0) is 36.3 Å². The van der Waals surface area contributed by atoms with Crippen molar-refractivity contribution in [3.63, 3.8) is 0 Å². The second-order valence-electron chi connectivity index (χ2n) is 5.41. The summed E-state index contributed by atoms with van der Waals surface area (Å²) < 4.78 is 5.46. The van der Waals surface area contributed by atoms with Gasteiger partial charge >= 0.3 is 6.09 Å². The van der Waals surface area contributed by atoms with Crippen molar-refractivity contribution < 1.29 is 14.6 Å². The first-order valence-electron chi connectivity index (χ1n) is 6.74. The molecule has 1 aromatic rings. The van der Waals surface area contributed by atoms with Crippen LogP contribution in [0.5, 0.6) is 0 Å². The third-order valence-electron chi connectivity index (χ3n) is 4.06. The van der Waals surface area contributed by atoms with Crippen molar-refractivity contribution in [3.8, 4) is 0 Å². The van der Waals surface area contributed by atoms with Crippen LogP contribution >= 0.6 is 0 Å². The van der Waals surface area contributed by atoms with Crippen LogP contribution in [0, 0.1) is 5.92 Å². The van der Waals surface area contributed by atoms with Gasteiger partial charge in [0.05, 0.1) is 24.0 Å². The van der Waals surface area contributed by atoms with Crippen molar-refractivity contribution in [1.29, 1.82) is 0 Å². The lowest BCUT2D eigenvalue weighted by Gasteiger charge is -2.40. The summed E-state index contributed by atoms with van der Waals surface area (Å²) in [5.41, 5.74) is 7.68. The summed E-state index contributed by atoms with van der Waals surface area (Å²) in [4.78, 5) is 14.9. The Morgan fingerprint density at radius 3 is 2.90 bits per heavy atom. The molecule has 1 amide bonds. The number of carboxylic acid groups (broad SMARTS) is 1. The molecule has 6 heteroatoms. The summed E-state index contributed by atoms with van der Waals surface area (Å²) in [7, 11) is 1.62. The summed E-state index contributed by atoms with van der Waals surface area (Å²) in [6.07, 6.45) is 3.84. The number of hydrogen-bond donors (Lipinski definition) is 3. The number of nitrogens with two attached hydrogens (primary N) is 1. The van der Waals surface area contributed by atoms with E-state index in [4.69, 9.17) is 15.6 Å². The van der Waals surface area contributed by atoms with Crippen molar-refractivity contribution in [3.05, 3.63) is 24.0 Å². The summed E-state index contributed by atoms with van der Waals surface area (Å²) in [6, 6.07) is 1.69. The van der Waals surface area contributed by atoms with Gasteiger partial charge in [-0.1, -0.05) is 6.92 Å². The van der Waals surface area contributed by atoms with E-state index in [0.29, 0.717) is 12.1 Å². The molecule has 1 aromatic heterocycles. The van der Waals surface area contributed by atoms with E-state index in [2.05, 4.69) is 17.2 Å². The molecule has 1 aliphatic carbocycles. The fourth-order valence-corrected chi connectivity index (χ4v) is 3.26. The molecular weight excluding hydrogens is 258 g/mol. The van der Waals surface area contributed by atoms with Gasteiger partial charge in [0.1, 0.15) is 0 Å². The van der Waals surface area contributed by atoms with Crippen LogP contribution in [0.2, 0.25) is 0 Å². The van der Waals surface area contributed by atoms with Crippen molar-refractivity contribution >= 4 is 11.8 Å². The molecule has 0 spiro atoms. The maximum Gasteiger partial charge on any atom is 0.404 e. The normalized spacial score (nSPS) is 29.9. The van der Waals surface area contributed by atoms with Gasteiger partial charge in [-0.2, -0.15) is 0 Å². The highest BCUT2D eigenvalue weighted by atomic mass is 16.5.